The normalized spacial score (nSPS) is 16.9. The number of nitrogens with two attached hydrogens (primary N) is 1. The first-order valence-electron chi connectivity index (χ1n) is 5.63. The highest BCUT2D eigenvalue weighted by molar-refractivity contribution is 8.00. The molecule has 4 N–H and O–H groups in total. The number of hydrazine groups is 1. The van der Waals surface area contributed by atoms with Crippen molar-refractivity contribution in [2.45, 2.75) is 21.8 Å². The van der Waals surface area contributed by atoms with Crippen molar-refractivity contribution in [3.63, 3.8) is 0 Å². The zero-order valence-corrected chi connectivity index (χ0v) is 13.0. The molecule has 0 amide bonds. The van der Waals surface area contributed by atoms with Crippen LogP contribution in [0.25, 0.3) is 0 Å². The van der Waals surface area contributed by atoms with Crippen LogP contribution in [-0.2, 0) is 10.0 Å². The number of hydrogen-bond donors (Lipinski definition) is 3. The monoisotopic (exact) mass is 338 g/mol. The molecule has 20 heavy (non-hydrogen) atoms. The van der Waals surface area contributed by atoms with Gasteiger partial charge in [0.2, 0.25) is 10.0 Å². The minimum Gasteiger partial charge on any atom is -0.310 e. The topological polar surface area (TPSA) is 127 Å². The molecule has 0 atom stereocenters. The summed E-state index contributed by atoms with van der Waals surface area (Å²) in [5.41, 5.74) is 1.80. The second-order valence-electron chi connectivity index (χ2n) is 4.39. The molecule has 0 spiro atoms. The second kappa shape index (κ2) is 5.48. The van der Waals surface area contributed by atoms with Crippen molar-refractivity contribution in [2.24, 2.45) is 5.84 Å². The van der Waals surface area contributed by atoms with Gasteiger partial charge >= 0.3 is 5.69 Å². The number of nitrogens with zero attached hydrogens (tertiary/aromatic N) is 1. The molecular formula is C9H14N4O4S3. The predicted molar refractivity (Wildman–Crippen MR) is 79.5 cm³/mol. The van der Waals surface area contributed by atoms with Crippen molar-refractivity contribution in [1.82, 2.24) is 4.72 Å². The van der Waals surface area contributed by atoms with Gasteiger partial charge in [0.05, 0.1) is 4.92 Å². The van der Waals surface area contributed by atoms with Crippen LogP contribution in [0, 0.1) is 10.1 Å². The van der Waals surface area contributed by atoms with E-state index in [0.29, 0.717) is 6.54 Å². The van der Waals surface area contributed by atoms with E-state index in [1.54, 1.807) is 11.8 Å². The Kier molecular flexibility index (Phi) is 4.25. The van der Waals surface area contributed by atoms with Crippen LogP contribution in [0.2, 0.25) is 0 Å². The summed E-state index contributed by atoms with van der Waals surface area (Å²) < 4.78 is 26.6. The van der Waals surface area contributed by atoms with Gasteiger partial charge in [-0.05, 0) is 19.1 Å². The first-order chi connectivity index (χ1) is 9.33. The lowest BCUT2D eigenvalue weighted by atomic mass is 10.4. The average molecular weight is 338 g/mol. The number of thioether (sulfide) groups is 1. The fourth-order valence-corrected chi connectivity index (χ4v) is 4.85. The standard InChI is InChI=1S/C9H14N4O4S3/c1-18-9(2-3-9)5-11-20(16,17)7-4-6(13(14)15)8(12-10)19-7/h4,11-12H,2-3,5,10H2,1H3. The maximum Gasteiger partial charge on any atom is 0.306 e. The zero-order chi connectivity index (χ0) is 15.0. The summed E-state index contributed by atoms with van der Waals surface area (Å²) in [5, 5.41) is 10.8. The number of nitro groups is 1. The summed E-state index contributed by atoms with van der Waals surface area (Å²) in [5.74, 6) is 5.16. The maximum atomic E-state index is 12.1. The van der Waals surface area contributed by atoms with Crippen molar-refractivity contribution in [2.75, 3.05) is 18.2 Å². The Morgan fingerprint density at radius 1 is 1.60 bits per heavy atom. The molecule has 0 bridgehead atoms. The van der Waals surface area contributed by atoms with Crippen molar-refractivity contribution >= 4 is 43.8 Å². The molecule has 1 aliphatic carbocycles. The van der Waals surface area contributed by atoms with Gasteiger partial charge < -0.3 is 5.43 Å². The molecule has 1 aromatic rings. The quantitative estimate of drug-likeness (QED) is 0.386. The summed E-state index contributed by atoms with van der Waals surface area (Å²) in [4.78, 5) is 10.1. The summed E-state index contributed by atoms with van der Waals surface area (Å²) in [6, 6.07) is 1.01. The molecule has 8 nitrogen and oxygen atoms in total. The molecule has 1 saturated carbocycles. The Morgan fingerprint density at radius 3 is 2.65 bits per heavy atom. The van der Waals surface area contributed by atoms with Gasteiger partial charge in [-0.15, -0.1) is 0 Å². The fraction of sp³-hybridized carbons (Fsp3) is 0.556. The summed E-state index contributed by atoms with van der Waals surface area (Å²) in [7, 11) is -3.75. The molecule has 0 aromatic carbocycles. The van der Waals surface area contributed by atoms with Crippen molar-refractivity contribution in [3.8, 4) is 0 Å². The summed E-state index contributed by atoms with van der Waals surface area (Å²) in [6.45, 7) is 0.327. The van der Waals surface area contributed by atoms with Gasteiger partial charge in [-0.25, -0.2) is 19.0 Å². The molecule has 2 rings (SSSR count). The van der Waals surface area contributed by atoms with Crippen LogP contribution in [0.1, 0.15) is 12.8 Å². The zero-order valence-electron chi connectivity index (χ0n) is 10.6. The van der Waals surface area contributed by atoms with Crippen molar-refractivity contribution < 1.29 is 13.3 Å². The lowest BCUT2D eigenvalue weighted by molar-refractivity contribution is -0.383. The SMILES string of the molecule is CSC1(CNS(=O)(=O)c2cc([N+](=O)[O-])c(NN)s2)CC1. The van der Waals surface area contributed by atoms with E-state index in [0.717, 1.165) is 30.2 Å². The summed E-state index contributed by atoms with van der Waals surface area (Å²) >= 11 is 2.37. The van der Waals surface area contributed by atoms with Gasteiger partial charge in [0.25, 0.3) is 0 Å². The highest BCUT2D eigenvalue weighted by Gasteiger charge is 2.42. The lowest BCUT2D eigenvalue weighted by Crippen LogP contribution is -2.31. The third kappa shape index (κ3) is 3.06. The van der Waals surface area contributed by atoms with Crippen molar-refractivity contribution in [1.29, 1.82) is 0 Å². The van der Waals surface area contributed by atoms with E-state index >= 15 is 0 Å². The number of anilines is 1. The number of thiophene rings is 1. The average Bonchev–Trinajstić information content (AvgIpc) is 3.05. The molecule has 112 valence electrons. The van der Waals surface area contributed by atoms with Gasteiger partial charge in [0, 0.05) is 17.4 Å². The van der Waals surface area contributed by atoms with Crippen LogP contribution in [0.4, 0.5) is 10.7 Å². The van der Waals surface area contributed by atoms with Crippen LogP contribution in [0.3, 0.4) is 0 Å². The molecular weight excluding hydrogens is 324 g/mol. The van der Waals surface area contributed by atoms with Crippen molar-refractivity contribution in [3.05, 3.63) is 16.2 Å². The second-order valence-corrected chi connectivity index (χ2v) is 8.71. The smallest absolute Gasteiger partial charge is 0.306 e. The molecule has 0 unspecified atom stereocenters. The maximum absolute atomic E-state index is 12.1. The van der Waals surface area contributed by atoms with Gasteiger partial charge in [0.15, 0.2) is 5.00 Å². The molecule has 1 aromatic heterocycles. The predicted octanol–water partition coefficient (Wildman–Crippen LogP) is 1.12. The van der Waals surface area contributed by atoms with Gasteiger partial charge in [-0.3, -0.25) is 10.1 Å². The van der Waals surface area contributed by atoms with Gasteiger partial charge in [-0.2, -0.15) is 11.8 Å². The van der Waals surface area contributed by atoms with E-state index in [4.69, 9.17) is 5.84 Å². The third-order valence-electron chi connectivity index (χ3n) is 3.11. The number of sulfonamides is 1. The molecule has 0 aliphatic heterocycles. The lowest BCUT2D eigenvalue weighted by Gasteiger charge is -2.12. The number of nitrogen functional groups attached to an aromatic ring is 1. The molecule has 11 heteroatoms. The Morgan fingerprint density at radius 2 is 2.25 bits per heavy atom. The van der Waals surface area contributed by atoms with Crippen LogP contribution in [-0.4, -0.2) is 30.9 Å². The highest BCUT2D eigenvalue weighted by atomic mass is 32.2. The molecule has 1 heterocycles. The minimum atomic E-state index is -3.75. The molecule has 1 fully saturated rings. The van der Waals surface area contributed by atoms with E-state index in [-0.39, 0.29) is 19.6 Å². The number of hydrogen-bond acceptors (Lipinski definition) is 8. The number of nitrogens with one attached hydrogen (secondary N) is 2. The third-order valence-corrected chi connectivity index (χ3v) is 7.46. The van der Waals surface area contributed by atoms with Crippen LogP contribution >= 0.6 is 23.1 Å². The fourth-order valence-electron chi connectivity index (χ4n) is 1.62. The molecule has 1 aliphatic rings. The summed E-state index contributed by atoms with van der Waals surface area (Å²) in [6.07, 6.45) is 3.88. The van der Waals surface area contributed by atoms with Gasteiger partial charge in [0.1, 0.15) is 4.21 Å². The van der Waals surface area contributed by atoms with E-state index in [2.05, 4.69) is 10.1 Å². The molecule has 0 radical (unpaired) electrons. The van der Waals surface area contributed by atoms with Crippen LogP contribution < -0.4 is 16.0 Å². The molecule has 0 saturated heterocycles. The van der Waals surface area contributed by atoms with E-state index in [9.17, 15) is 18.5 Å². The van der Waals surface area contributed by atoms with E-state index < -0.39 is 14.9 Å². The Balaban J connectivity index is 2.19. The van der Waals surface area contributed by atoms with E-state index in [1.165, 1.54) is 0 Å². The Hall–Kier alpha value is -0.880. The van der Waals surface area contributed by atoms with Crippen LogP contribution in [0.5, 0.6) is 0 Å². The van der Waals surface area contributed by atoms with E-state index in [1.807, 2.05) is 6.26 Å². The Bertz CT molecular complexity index is 623. The minimum absolute atomic E-state index is 0.0152. The highest BCUT2D eigenvalue weighted by Crippen LogP contribution is 2.46. The number of rotatable bonds is 7. The Labute approximate surface area is 124 Å². The first-order valence-corrected chi connectivity index (χ1v) is 9.16. The largest absolute Gasteiger partial charge is 0.310 e. The van der Waals surface area contributed by atoms with Crippen LogP contribution in [0.15, 0.2) is 10.3 Å². The first kappa shape index (κ1) is 15.5. The van der Waals surface area contributed by atoms with Gasteiger partial charge in [-0.1, -0.05) is 11.3 Å².